The summed E-state index contributed by atoms with van der Waals surface area (Å²) in [6, 6.07) is 0. The van der Waals surface area contributed by atoms with Crippen LogP contribution in [-0.4, -0.2) is 72.6 Å². The lowest BCUT2D eigenvalue weighted by Crippen LogP contribution is -2.57. The zero-order valence-electron chi connectivity index (χ0n) is 12.5. The van der Waals surface area contributed by atoms with Crippen LogP contribution >= 0.6 is 0 Å². The molecule has 1 N–H and O–H groups in total. The van der Waals surface area contributed by atoms with E-state index in [1.54, 1.807) is 19.0 Å². The van der Waals surface area contributed by atoms with Gasteiger partial charge in [0.15, 0.2) is 0 Å². The molecule has 0 spiro atoms. The van der Waals surface area contributed by atoms with Gasteiger partial charge in [-0.15, -0.1) is 0 Å². The van der Waals surface area contributed by atoms with Crippen molar-refractivity contribution in [2.24, 2.45) is 5.41 Å². The molecule has 1 saturated heterocycles. The van der Waals surface area contributed by atoms with Crippen LogP contribution in [0, 0.1) is 5.41 Å². The summed E-state index contributed by atoms with van der Waals surface area (Å²) >= 11 is 0. The molecule has 21 heavy (non-hydrogen) atoms. The van der Waals surface area contributed by atoms with Crippen LogP contribution in [0.3, 0.4) is 0 Å². The van der Waals surface area contributed by atoms with Crippen LogP contribution in [-0.2, 0) is 19.1 Å². The molecule has 0 aromatic rings. The normalized spacial score (nSPS) is 20.4. The molecule has 2 fully saturated rings. The minimum Gasteiger partial charge on any atom is -0.481 e. The minimum absolute atomic E-state index is 0.0127. The van der Waals surface area contributed by atoms with Gasteiger partial charge in [0.1, 0.15) is 6.61 Å². The number of hydrogen-bond donors (Lipinski definition) is 1. The van der Waals surface area contributed by atoms with Crippen molar-refractivity contribution >= 4 is 17.8 Å². The van der Waals surface area contributed by atoms with Crippen LogP contribution in [0.2, 0.25) is 0 Å². The van der Waals surface area contributed by atoms with Crippen LogP contribution in [0.1, 0.15) is 25.7 Å². The number of ether oxygens (including phenoxy) is 1. The van der Waals surface area contributed by atoms with E-state index >= 15 is 0 Å². The highest BCUT2D eigenvalue weighted by molar-refractivity contribution is 5.86. The summed E-state index contributed by atoms with van der Waals surface area (Å²) in [4.78, 5) is 37.7. The fourth-order valence-electron chi connectivity index (χ4n) is 2.54. The molecule has 1 aliphatic heterocycles. The maximum atomic E-state index is 12.1. The van der Waals surface area contributed by atoms with E-state index < -0.39 is 11.4 Å². The van der Waals surface area contributed by atoms with E-state index in [0.717, 1.165) is 6.42 Å². The molecule has 2 aliphatic rings. The Morgan fingerprint density at radius 2 is 1.90 bits per heavy atom. The number of amides is 2. The molecule has 118 valence electrons. The largest absolute Gasteiger partial charge is 0.481 e. The Hall–Kier alpha value is -1.63. The Balaban J connectivity index is 1.71. The topological polar surface area (TPSA) is 87.2 Å². The molecular weight excluding hydrogens is 276 g/mol. The molecule has 1 heterocycles. The number of likely N-dealkylation sites (N-methyl/N-ethyl adjacent to an activating group) is 1. The molecule has 0 atom stereocenters. The zero-order valence-corrected chi connectivity index (χ0v) is 12.5. The summed E-state index contributed by atoms with van der Waals surface area (Å²) in [6.45, 7) is 0.892. The number of carbonyl (C=O) groups is 3. The molecule has 0 bridgehead atoms. The number of nitrogens with zero attached hydrogens (tertiary/aromatic N) is 2. The van der Waals surface area contributed by atoms with Gasteiger partial charge in [0.2, 0.25) is 11.8 Å². The van der Waals surface area contributed by atoms with Crippen molar-refractivity contribution < 1.29 is 24.2 Å². The number of carboxylic acid groups (broad SMARTS) is 1. The first-order chi connectivity index (χ1) is 9.84. The number of likely N-dealkylation sites (tertiary alicyclic amines) is 1. The summed E-state index contributed by atoms with van der Waals surface area (Å²) in [6.07, 6.45) is 1.99. The molecule has 0 aromatic heterocycles. The van der Waals surface area contributed by atoms with E-state index in [9.17, 15) is 19.5 Å². The van der Waals surface area contributed by atoms with E-state index in [1.807, 2.05) is 0 Å². The third-order valence-corrected chi connectivity index (χ3v) is 4.40. The van der Waals surface area contributed by atoms with E-state index in [0.29, 0.717) is 25.9 Å². The highest BCUT2D eigenvalue weighted by Crippen LogP contribution is 2.44. The standard InChI is InChI=1S/C14H22N2O5/c1-15(2)12(18)9-21-10-7-16(8-10)11(17)6-14(13(19)20)4-3-5-14/h10H,3-9H2,1-2H3,(H,19,20). The number of rotatable bonds is 6. The lowest BCUT2D eigenvalue weighted by atomic mass is 9.66. The first kappa shape index (κ1) is 15.8. The lowest BCUT2D eigenvalue weighted by molar-refractivity contribution is -0.164. The van der Waals surface area contributed by atoms with E-state index in [2.05, 4.69) is 0 Å². The number of aliphatic carboxylic acids is 1. The Morgan fingerprint density at radius 1 is 1.29 bits per heavy atom. The van der Waals surface area contributed by atoms with Crippen molar-refractivity contribution in [3.05, 3.63) is 0 Å². The van der Waals surface area contributed by atoms with Gasteiger partial charge in [-0.25, -0.2) is 0 Å². The Bertz CT molecular complexity index is 439. The lowest BCUT2D eigenvalue weighted by Gasteiger charge is -2.43. The molecule has 7 heteroatoms. The average molecular weight is 298 g/mol. The van der Waals surface area contributed by atoms with Gasteiger partial charge in [-0.1, -0.05) is 6.42 Å². The maximum Gasteiger partial charge on any atom is 0.310 e. The molecule has 1 saturated carbocycles. The summed E-state index contributed by atoms with van der Waals surface area (Å²) in [5, 5.41) is 9.22. The highest BCUT2D eigenvalue weighted by Gasteiger charge is 2.47. The smallest absolute Gasteiger partial charge is 0.310 e. The predicted molar refractivity (Wildman–Crippen MR) is 73.6 cm³/mol. The second-order valence-corrected chi connectivity index (χ2v) is 6.14. The highest BCUT2D eigenvalue weighted by atomic mass is 16.5. The van der Waals surface area contributed by atoms with Gasteiger partial charge in [-0.2, -0.15) is 0 Å². The van der Waals surface area contributed by atoms with E-state index in [1.165, 1.54) is 4.90 Å². The second kappa shape index (κ2) is 6.01. The molecule has 1 aliphatic carbocycles. The molecule has 2 amide bonds. The van der Waals surface area contributed by atoms with Crippen molar-refractivity contribution in [3.63, 3.8) is 0 Å². The monoisotopic (exact) mass is 298 g/mol. The third kappa shape index (κ3) is 3.34. The van der Waals surface area contributed by atoms with Gasteiger partial charge >= 0.3 is 5.97 Å². The zero-order chi connectivity index (χ0) is 15.6. The van der Waals surface area contributed by atoms with Crippen molar-refractivity contribution in [1.82, 2.24) is 9.80 Å². The van der Waals surface area contributed by atoms with Gasteiger partial charge in [0, 0.05) is 33.6 Å². The van der Waals surface area contributed by atoms with E-state index in [-0.39, 0.29) is 30.9 Å². The van der Waals surface area contributed by atoms with Gasteiger partial charge in [0.05, 0.1) is 11.5 Å². The van der Waals surface area contributed by atoms with Crippen molar-refractivity contribution in [2.75, 3.05) is 33.8 Å². The summed E-state index contributed by atoms with van der Waals surface area (Å²) < 4.78 is 5.40. The first-order valence-corrected chi connectivity index (χ1v) is 7.17. The van der Waals surface area contributed by atoms with Gasteiger partial charge in [-0.05, 0) is 12.8 Å². The SMILES string of the molecule is CN(C)C(=O)COC1CN(C(=O)CC2(C(=O)O)CCC2)C1. The molecule has 0 radical (unpaired) electrons. The Labute approximate surface area is 123 Å². The molecule has 7 nitrogen and oxygen atoms in total. The van der Waals surface area contributed by atoms with Gasteiger partial charge < -0.3 is 19.6 Å². The molecule has 0 aromatic carbocycles. The second-order valence-electron chi connectivity index (χ2n) is 6.14. The Kier molecular flexibility index (Phi) is 4.51. The van der Waals surface area contributed by atoms with Gasteiger partial charge in [0.25, 0.3) is 0 Å². The maximum absolute atomic E-state index is 12.1. The van der Waals surface area contributed by atoms with Crippen molar-refractivity contribution in [2.45, 2.75) is 31.8 Å². The number of carboxylic acids is 1. The van der Waals surface area contributed by atoms with Crippen LogP contribution < -0.4 is 0 Å². The molecule has 0 unspecified atom stereocenters. The van der Waals surface area contributed by atoms with E-state index in [4.69, 9.17) is 4.74 Å². The number of carbonyl (C=O) groups excluding carboxylic acids is 2. The van der Waals surface area contributed by atoms with Crippen LogP contribution in [0.15, 0.2) is 0 Å². The van der Waals surface area contributed by atoms with Crippen LogP contribution in [0.25, 0.3) is 0 Å². The van der Waals surface area contributed by atoms with Crippen LogP contribution in [0.5, 0.6) is 0 Å². The third-order valence-electron chi connectivity index (χ3n) is 4.40. The average Bonchev–Trinajstić information content (AvgIpc) is 2.30. The predicted octanol–water partition coefficient (Wildman–Crippen LogP) is -0.0530. The van der Waals surface area contributed by atoms with Crippen LogP contribution in [0.4, 0.5) is 0 Å². The summed E-state index contributed by atoms with van der Waals surface area (Å²) in [7, 11) is 3.32. The minimum atomic E-state index is -0.869. The summed E-state index contributed by atoms with van der Waals surface area (Å²) in [5.74, 6) is -1.11. The first-order valence-electron chi connectivity index (χ1n) is 7.17. The molecular formula is C14H22N2O5. The molecule has 2 rings (SSSR count). The van der Waals surface area contributed by atoms with Crippen molar-refractivity contribution in [3.8, 4) is 0 Å². The summed E-state index contributed by atoms with van der Waals surface area (Å²) in [5.41, 5.74) is -0.843. The fourth-order valence-corrected chi connectivity index (χ4v) is 2.54. The number of hydrogen-bond acceptors (Lipinski definition) is 4. The quantitative estimate of drug-likeness (QED) is 0.743. The van der Waals surface area contributed by atoms with Gasteiger partial charge in [-0.3, -0.25) is 14.4 Å². The Morgan fingerprint density at radius 3 is 2.33 bits per heavy atom. The fraction of sp³-hybridized carbons (Fsp3) is 0.786. The van der Waals surface area contributed by atoms with Crippen molar-refractivity contribution in [1.29, 1.82) is 0 Å².